The SMILES string of the molecule is C1=CC(=C(Cc2cccc3ccccc23)c2ccc(-c3ccc(N(c4ccc(-c5ccccc5)cc4)c4cccc5ccccc45)cc3)cc2)CC=C1c1ccccc1. The van der Waals surface area contributed by atoms with Crippen LogP contribution in [0.15, 0.2) is 242 Å². The number of hydrogen-bond donors (Lipinski definition) is 0. The highest BCUT2D eigenvalue weighted by Gasteiger charge is 2.17. The summed E-state index contributed by atoms with van der Waals surface area (Å²) in [4.78, 5) is 2.38. The predicted molar refractivity (Wildman–Crippen MR) is 252 cm³/mol. The van der Waals surface area contributed by atoms with Crippen LogP contribution in [0.4, 0.5) is 17.1 Å². The number of allylic oxidation sites excluding steroid dienone is 6. The van der Waals surface area contributed by atoms with Crippen LogP contribution in [0.1, 0.15) is 23.1 Å². The number of hydrogen-bond acceptors (Lipinski definition) is 1. The molecule has 0 fully saturated rings. The molecule has 0 unspecified atom stereocenters. The van der Waals surface area contributed by atoms with Crippen molar-refractivity contribution in [2.24, 2.45) is 0 Å². The number of benzene rings is 9. The lowest BCUT2D eigenvalue weighted by Crippen LogP contribution is -2.10. The summed E-state index contributed by atoms with van der Waals surface area (Å²) >= 11 is 0. The highest BCUT2D eigenvalue weighted by molar-refractivity contribution is 5.99. The van der Waals surface area contributed by atoms with Crippen molar-refractivity contribution < 1.29 is 0 Å². The summed E-state index contributed by atoms with van der Waals surface area (Å²) < 4.78 is 0. The van der Waals surface area contributed by atoms with E-state index in [4.69, 9.17) is 0 Å². The van der Waals surface area contributed by atoms with Gasteiger partial charge >= 0.3 is 0 Å². The number of nitrogens with zero attached hydrogens (tertiary/aromatic N) is 1. The van der Waals surface area contributed by atoms with Crippen LogP contribution in [0.3, 0.4) is 0 Å². The van der Waals surface area contributed by atoms with Crippen LogP contribution >= 0.6 is 0 Å². The molecule has 0 aromatic heterocycles. The minimum atomic E-state index is 0.861. The van der Waals surface area contributed by atoms with E-state index in [-0.39, 0.29) is 0 Å². The minimum Gasteiger partial charge on any atom is -0.310 e. The van der Waals surface area contributed by atoms with Crippen LogP contribution in [0.5, 0.6) is 0 Å². The molecule has 1 nitrogen and oxygen atoms in total. The summed E-state index contributed by atoms with van der Waals surface area (Å²) in [5.41, 5.74) is 16.1. The standard InChI is InChI=1S/C58H43N/c1-3-13-42(14-4-1)44-25-29-50(30-26-44)57(41-52-21-11-19-48-17-7-9-22-55(48)52)51-31-27-45(28-32-51)47-35-39-54(40-36-47)59(58-24-12-20-49-18-8-10-23-56(49)58)53-37-33-46(34-38-53)43-15-5-2-6-16-43/h1-29,31-40H,30,41H2. The summed E-state index contributed by atoms with van der Waals surface area (Å²) in [5, 5.41) is 5.03. The second kappa shape index (κ2) is 16.2. The van der Waals surface area contributed by atoms with Gasteiger partial charge in [0.2, 0.25) is 0 Å². The Morgan fingerprint density at radius 1 is 0.390 bits per heavy atom. The lowest BCUT2D eigenvalue weighted by Gasteiger charge is -2.27. The average molecular weight is 754 g/mol. The van der Waals surface area contributed by atoms with E-state index >= 15 is 0 Å². The van der Waals surface area contributed by atoms with E-state index in [0.29, 0.717) is 0 Å². The molecule has 1 aliphatic carbocycles. The van der Waals surface area contributed by atoms with Crippen LogP contribution in [0.2, 0.25) is 0 Å². The molecule has 0 radical (unpaired) electrons. The maximum atomic E-state index is 2.38. The van der Waals surface area contributed by atoms with E-state index in [0.717, 1.165) is 29.9 Å². The first-order valence-electron chi connectivity index (χ1n) is 20.5. The van der Waals surface area contributed by atoms with Gasteiger partial charge in [0.1, 0.15) is 0 Å². The van der Waals surface area contributed by atoms with E-state index in [2.05, 4.69) is 242 Å². The third-order valence-electron chi connectivity index (χ3n) is 11.7. The zero-order chi connectivity index (χ0) is 39.4. The van der Waals surface area contributed by atoms with Gasteiger partial charge in [-0.2, -0.15) is 0 Å². The number of anilines is 3. The van der Waals surface area contributed by atoms with Crippen molar-refractivity contribution in [2.45, 2.75) is 12.8 Å². The molecule has 0 saturated heterocycles. The van der Waals surface area contributed by atoms with Crippen LogP contribution in [-0.2, 0) is 6.42 Å². The molecule has 10 rings (SSSR count). The summed E-state index contributed by atoms with van der Waals surface area (Å²) in [6, 6.07) is 79.1. The van der Waals surface area contributed by atoms with Crippen molar-refractivity contribution in [2.75, 3.05) is 4.90 Å². The van der Waals surface area contributed by atoms with Crippen molar-refractivity contribution in [3.8, 4) is 22.3 Å². The molecule has 9 aromatic rings. The molecule has 0 atom stereocenters. The Kier molecular flexibility index (Phi) is 9.84. The summed E-state index contributed by atoms with van der Waals surface area (Å²) in [5.74, 6) is 0. The largest absolute Gasteiger partial charge is 0.310 e. The molecule has 0 amide bonds. The van der Waals surface area contributed by atoms with Gasteiger partial charge in [0.25, 0.3) is 0 Å². The highest BCUT2D eigenvalue weighted by atomic mass is 15.1. The summed E-state index contributed by atoms with van der Waals surface area (Å²) in [6.07, 6.45) is 8.76. The number of rotatable bonds is 9. The fourth-order valence-electron chi connectivity index (χ4n) is 8.58. The average Bonchev–Trinajstić information content (AvgIpc) is 3.32. The highest BCUT2D eigenvalue weighted by Crippen LogP contribution is 2.41. The molecule has 0 N–H and O–H groups in total. The second-order valence-corrected chi connectivity index (χ2v) is 15.3. The van der Waals surface area contributed by atoms with Gasteiger partial charge in [-0.25, -0.2) is 0 Å². The van der Waals surface area contributed by atoms with Crippen molar-refractivity contribution in [1.82, 2.24) is 0 Å². The zero-order valence-electron chi connectivity index (χ0n) is 32.9. The smallest absolute Gasteiger partial charge is 0.0540 e. The Labute approximate surface area is 347 Å². The van der Waals surface area contributed by atoms with Crippen molar-refractivity contribution in [3.63, 3.8) is 0 Å². The van der Waals surface area contributed by atoms with Crippen LogP contribution in [-0.4, -0.2) is 0 Å². The van der Waals surface area contributed by atoms with Gasteiger partial charge in [-0.15, -0.1) is 0 Å². The minimum absolute atomic E-state index is 0.861. The monoisotopic (exact) mass is 753 g/mol. The maximum Gasteiger partial charge on any atom is 0.0540 e. The summed E-state index contributed by atoms with van der Waals surface area (Å²) in [6.45, 7) is 0. The van der Waals surface area contributed by atoms with Gasteiger partial charge in [-0.05, 0) is 115 Å². The van der Waals surface area contributed by atoms with Gasteiger partial charge in [0, 0.05) is 16.8 Å². The zero-order valence-corrected chi connectivity index (χ0v) is 32.9. The maximum absolute atomic E-state index is 2.38. The third-order valence-corrected chi connectivity index (χ3v) is 11.7. The molecule has 0 aliphatic heterocycles. The quantitative estimate of drug-likeness (QED) is 0.142. The Hall–Kier alpha value is -7.48. The first-order valence-corrected chi connectivity index (χ1v) is 20.5. The second-order valence-electron chi connectivity index (χ2n) is 15.3. The Balaban J connectivity index is 0.985. The van der Waals surface area contributed by atoms with Crippen LogP contribution < -0.4 is 4.90 Å². The van der Waals surface area contributed by atoms with Gasteiger partial charge in [0.15, 0.2) is 0 Å². The number of fused-ring (bicyclic) bond motifs is 2. The summed E-state index contributed by atoms with van der Waals surface area (Å²) in [7, 11) is 0. The molecule has 1 heteroatoms. The Morgan fingerprint density at radius 3 is 1.49 bits per heavy atom. The first-order chi connectivity index (χ1) is 29.2. The van der Waals surface area contributed by atoms with E-state index in [1.165, 1.54) is 77.2 Å². The van der Waals surface area contributed by atoms with Crippen molar-refractivity contribution >= 4 is 49.8 Å². The molecule has 59 heavy (non-hydrogen) atoms. The van der Waals surface area contributed by atoms with Gasteiger partial charge in [0.05, 0.1) is 5.69 Å². The fraction of sp³-hybridized carbons (Fsp3) is 0.0345. The molecule has 0 bridgehead atoms. The molecule has 0 heterocycles. The van der Waals surface area contributed by atoms with E-state index < -0.39 is 0 Å². The van der Waals surface area contributed by atoms with Crippen molar-refractivity contribution in [1.29, 1.82) is 0 Å². The van der Waals surface area contributed by atoms with Gasteiger partial charge in [-0.1, -0.05) is 206 Å². The normalized spacial score (nSPS) is 13.3. The van der Waals surface area contributed by atoms with Gasteiger partial charge in [-0.3, -0.25) is 0 Å². The lowest BCUT2D eigenvalue weighted by molar-refractivity contribution is 1.21. The molecule has 1 aliphatic rings. The fourth-order valence-corrected chi connectivity index (χ4v) is 8.58. The predicted octanol–water partition coefficient (Wildman–Crippen LogP) is 15.8. The Bertz CT molecular complexity index is 2980. The molecule has 0 saturated carbocycles. The van der Waals surface area contributed by atoms with Crippen molar-refractivity contribution in [3.05, 3.63) is 259 Å². The topological polar surface area (TPSA) is 3.24 Å². The molecule has 280 valence electrons. The molecular weight excluding hydrogens is 711 g/mol. The molecule has 0 spiro atoms. The van der Waals surface area contributed by atoms with Crippen LogP contribution in [0.25, 0.3) is 54.9 Å². The Morgan fingerprint density at radius 2 is 0.881 bits per heavy atom. The first kappa shape index (κ1) is 35.9. The lowest BCUT2D eigenvalue weighted by atomic mass is 9.86. The molecular formula is C58H43N. The third kappa shape index (κ3) is 7.43. The van der Waals surface area contributed by atoms with Crippen LogP contribution in [0, 0.1) is 0 Å². The van der Waals surface area contributed by atoms with Gasteiger partial charge < -0.3 is 4.90 Å². The van der Waals surface area contributed by atoms with E-state index in [1.54, 1.807) is 0 Å². The molecule has 9 aromatic carbocycles. The van der Waals surface area contributed by atoms with E-state index in [9.17, 15) is 0 Å². The van der Waals surface area contributed by atoms with E-state index in [1.807, 2.05) is 0 Å².